The first-order valence-electron chi connectivity index (χ1n) is 6.80. The number of carbonyl (C=O) groups is 2. The molecule has 0 bridgehead atoms. The Morgan fingerprint density at radius 3 is 2.58 bits per heavy atom. The van der Waals surface area contributed by atoms with Crippen LogP contribution in [0.5, 0.6) is 11.5 Å². The van der Waals surface area contributed by atoms with Crippen LogP contribution in [0.15, 0.2) is 30.6 Å². The molecule has 2 aromatic rings. The second-order valence-electron chi connectivity index (χ2n) is 4.48. The first-order chi connectivity index (χ1) is 11.5. The third kappa shape index (κ3) is 4.09. The van der Waals surface area contributed by atoms with Crippen LogP contribution in [0.2, 0.25) is 0 Å². The fraction of sp³-hybridized carbons (Fsp3) is 0.200. The molecule has 1 aromatic heterocycles. The van der Waals surface area contributed by atoms with E-state index in [9.17, 15) is 9.59 Å². The van der Waals surface area contributed by atoms with Crippen LogP contribution >= 0.6 is 0 Å². The van der Waals surface area contributed by atoms with Gasteiger partial charge in [-0.1, -0.05) is 0 Å². The van der Waals surface area contributed by atoms with Crippen molar-refractivity contribution in [1.29, 1.82) is 0 Å². The Morgan fingerprint density at radius 1 is 1.17 bits per heavy atom. The summed E-state index contributed by atoms with van der Waals surface area (Å²) in [7, 11) is 2.98. The third-order valence-corrected chi connectivity index (χ3v) is 2.94. The number of nitrogens with zero attached hydrogens (tertiary/aromatic N) is 2. The molecule has 0 unspecified atom stereocenters. The number of benzene rings is 1. The van der Waals surface area contributed by atoms with Crippen molar-refractivity contribution in [2.75, 3.05) is 31.9 Å². The van der Waals surface area contributed by atoms with Crippen molar-refractivity contribution < 1.29 is 23.8 Å². The lowest BCUT2D eigenvalue weighted by molar-refractivity contribution is -0.119. The molecule has 0 fully saturated rings. The summed E-state index contributed by atoms with van der Waals surface area (Å²) in [5.41, 5.74) is 5.78. The largest absolute Gasteiger partial charge is 0.497 e. The van der Waals surface area contributed by atoms with Crippen molar-refractivity contribution >= 4 is 23.4 Å². The van der Waals surface area contributed by atoms with E-state index in [4.69, 9.17) is 19.9 Å². The van der Waals surface area contributed by atoms with Crippen molar-refractivity contribution in [2.45, 2.75) is 0 Å². The van der Waals surface area contributed by atoms with Gasteiger partial charge in [0, 0.05) is 18.5 Å². The number of hydrogen-bond donors (Lipinski definition) is 2. The van der Waals surface area contributed by atoms with Gasteiger partial charge in [0.05, 0.1) is 19.9 Å². The zero-order valence-corrected chi connectivity index (χ0v) is 13.1. The lowest BCUT2D eigenvalue weighted by atomic mass is 10.2. The molecule has 1 aromatic carbocycles. The van der Waals surface area contributed by atoms with Crippen LogP contribution in [0.1, 0.15) is 10.5 Å². The summed E-state index contributed by atoms with van der Waals surface area (Å²) in [6.07, 6.45) is 2.64. The highest BCUT2D eigenvalue weighted by Crippen LogP contribution is 2.28. The van der Waals surface area contributed by atoms with Crippen molar-refractivity contribution in [1.82, 2.24) is 9.97 Å². The number of methoxy groups -OCH3 is 2. The number of rotatable bonds is 6. The van der Waals surface area contributed by atoms with Gasteiger partial charge in [0.25, 0.3) is 5.91 Å². The first kappa shape index (κ1) is 17.0. The molecule has 0 aliphatic rings. The molecule has 1 heterocycles. The van der Waals surface area contributed by atoms with Crippen molar-refractivity contribution in [3.8, 4) is 11.5 Å². The van der Waals surface area contributed by atoms with Gasteiger partial charge in [-0.3, -0.25) is 4.79 Å². The van der Waals surface area contributed by atoms with E-state index in [0.29, 0.717) is 17.2 Å². The van der Waals surface area contributed by atoms with Crippen molar-refractivity contribution in [3.63, 3.8) is 0 Å². The van der Waals surface area contributed by atoms with Crippen LogP contribution in [-0.4, -0.2) is 42.7 Å². The molecule has 1 amide bonds. The molecule has 3 N–H and O–H groups in total. The summed E-state index contributed by atoms with van der Waals surface area (Å²) in [5.74, 6) is -0.465. The lowest BCUT2D eigenvalue weighted by Gasteiger charge is -2.11. The maximum atomic E-state index is 11.9. The Labute approximate surface area is 137 Å². The minimum atomic E-state index is -0.836. The molecule has 0 radical (unpaired) electrons. The number of esters is 1. The molecule has 126 valence electrons. The molecule has 0 atom stereocenters. The van der Waals surface area contributed by atoms with Gasteiger partial charge < -0.3 is 25.3 Å². The third-order valence-electron chi connectivity index (χ3n) is 2.94. The minimum Gasteiger partial charge on any atom is -0.497 e. The topological polar surface area (TPSA) is 126 Å². The van der Waals surface area contributed by atoms with E-state index in [2.05, 4.69) is 15.3 Å². The molecule has 9 heteroatoms. The molecular formula is C15H16N4O5. The number of aromatic nitrogens is 2. The Bertz CT molecular complexity index is 750. The standard InChI is InChI=1S/C15H16N4O5/c1-22-9-3-4-10(11(7-9)23-2)19-12(20)8-24-15(21)13-14(16)18-6-5-17-13/h3-7H,8H2,1-2H3,(H2,16,18)(H,19,20). The second-order valence-corrected chi connectivity index (χ2v) is 4.48. The highest BCUT2D eigenvalue weighted by Gasteiger charge is 2.16. The van der Waals surface area contributed by atoms with Crippen LogP contribution in [-0.2, 0) is 9.53 Å². The zero-order chi connectivity index (χ0) is 17.5. The van der Waals surface area contributed by atoms with Gasteiger partial charge in [-0.15, -0.1) is 0 Å². The minimum absolute atomic E-state index is 0.0697. The average Bonchev–Trinajstić information content (AvgIpc) is 2.60. The van der Waals surface area contributed by atoms with Crippen LogP contribution in [0.4, 0.5) is 11.5 Å². The average molecular weight is 332 g/mol. The van der Waals surface area contributed by atoms with Gasteiger partial charge in [0.2, 0.25) is 0 Å². The van der Waals surface area contributed by atoms with E-state index >= 15 is 0 Å². The van der Waals surface area contributed by atoms with E-state index in [1.54, 1.807) is 18.2 Å². The van der Waals surface area contributed by atoms with Crippen LogP contribution in [0.25, 0.3) is 0 Å². The summed E-state index contributed by atoms with van der Waals surface area (Å²) in [5, 5.41) is 2.57. The predicted octanol–water partition coefficient (Wildman–Crippen LogP) is 0.871. The highest BCUT2D eigenvalue weighted by molar-refractivity contribution is 5.97. The van der Waals surface area contributed by atoms with Crippen LogP contribution < -0.4 is 20.5 Å². The van der Waals surface area contributed by atoms with Crippen molar-refractivity contribution in [2.24, 2.45) is 0 Å². The molecule has 24 heavy (non-hydrogen) atoms. The van der Waals surface area contributed by atoms with Gasteiger partial charge in [-0.25, -0.2) is 14.8 Å². The molecule has 0 spiro atoms. The van der Waals surface area contributed by atoms with E-state index in [1.807, 2.05) is 0 Å². The summed E-state index contributed by atoms with van der Waals surface area (Å²) >= 11 is 0. The highest BCUT2D eigenvalue weighted by atomic mass is 16.5. The number of amides is 1. The van der Waals surface area contributed by atoms with Gasteiger partial charge in [-0.05, 0) is 12.1 Å². The summed E-state index contributed by atoms with van der Waals surface area (Å²) in [4.78, 5) is 31.2. The quantitative estimate of drug-likeness (QED) is 0.746. The fourth-order valence-electron chi connectivity index (χ4n) is 1.79. The molecule has 9 nitrogen and oxygen atoms in total. The van der Waals surface area contributed by atoms with Gasteiger partial charge in [-0.2, -0.15) is 0 Å². The number of ether oxygens (including phenoxy) is 3. The van der Waals surface area contributed by atoms with E-state index in [0.717, 1.165) is 0 Å². The van der Waals surface area contributed by atoms with Crippen molar-refractivity contribution in [3.05, 3.63) is 36.3 Å². The maximum absolute atomic E-state index is 11.9. The Morgan fingerprint density at radius 2 is 1.92 bits per heavy atom. The molecular weight excluding hydrogens is 316 g/mol. The zero-order valence-electron chi connectivity index (χ0n) is 13.1. The SMILES string of the molecule is COc1ccc(NC(=O)COC(=O)c2nccnc2N)c(OC)c1. The first-order valence-corrected chi connectivity index (χ1v) is 6.80. The Balaban J connectivity index is 1.96. The molecule has 0 saturated carbocycles. The number of nitrogen functional groups attached to an aromatic ring is 1. The molecule has 0 aliphatic carbocycles. The van der Waals surface area contributed by atoms with Gasteiger partial charge in [0.15, 0.2) is 18.1 Å². The second kappa shape index (κ2) is 7.77. The molecule has 2 rings (SSSR count). The predicted molar refractivity (Wildman–Crippen MR) is 84.9 cm³/mol. The number of carbonyl (C=O) groups excluding carboxylic acids is 2. The smallest absolute Gasteiger partial charge is 0.361 e. The summed E-state index contributed by atoms with van der Waals surface area (Å²) in [6, 6.07) is 4.88. The van der Waals surface area contributed by atoms with Gasteiger partial charge in [0.1, 0.15) is 11.5 Å². The van der Waals surface area contributed by atoms with E-state index in [-0.39, 0.29) is 11.5 Å². The Kier molecular flexibility index (Phi) is 5.50. The molecule has 0 aliphatic heterocycles. The number of nitrogens with one attached hydrogen (secondary N) is 1. The lowest BCUT2D eigenvalue weighted by Crippen LogP contribution is -2.22. The fourth-order valence-corrected chi connectivity index (χ4v) is 1.79. The molecule has 0 saturated heterocycles. The number of hydrogen-bond acceptors (Lipinski definition) is 8. The summed E-state index contributed by atoms with van der Waals surface area (Å²) < 4.78 is 15.1. The monoisotopic (exact) mass is 332 g/mol. The Hall–Kier alpha value is -3.36. The van der Waals surface area contributed by atoms with E-state index < -0.39 is 18.5 Å². The van der Waals surface area contributed by atoms with Crippen LogP contribution in [0.3, 0.4) is 0 Å². The summed E-state index contributed by atoms with van der Waals surface area (Å²) in [6.45, 7) is -0.510. The maximum Gasteiger partial charge on any atom is 0.361 e. The number of anilines is 2. The number of nitrogens with two attached hydrogens (primary N) is 1. The van der Waals surface area contributed by atoms with E-state index in [1.165, 1.54) is 26.6 Å². The van der Waals surface area contributed by atoms with Gasteiger partial charge >= 0.3 is 5.97 Å². The van der Waals surface area contributed by atoms with Crippen LogP contribution in [0, 0.1) is 0 Å². The normalized spacial score (nSPS) is 9.92.